The lowest BCUT2D eigenvalue weighted by molar-refractivity contribution is 0.102. The minimum absolute atomic E-state index is 0.0548. The van der Waals surface area contributed by atoms with E-state index in [-0.39, 0.29) is 18.2 Å². The first-order chi connectivity index (χ1) is 13.9. The second-order valence-corrected chi connectivity index (χ2v) is 9.70. The van der Waals surface area contributed by atoms with Crippen molar-refractivity contribution in [3.05, 3.63) is 81.5 Å². The maximum absolute atomic E-state index is 12.9. The first kappa shape index (κ1) is 19.8. The highest BCUT2D eigenvalue weighted by molar-refractivity contribution is 9.10. The predicted octanol–water partition coefficient (Wildman–Crippen LogP) is 3.31. The van der Waals surface area contributed by atoms with Gasteiger partial charge in [-0.3, -0.25) is 9.89 Å². The molecule has 29 heavy (non-hydrogen) atoms. The highest BCUT2D eigenvalue weighted by Crippen LogP contribution is 2.27. The van der Waals surface area contributed by atoms with E-state index in [1.807, 2.05) is 24.3 Å². The Morgan fingerprint density at radius 2 is 1.97 bits per heavy atom. The normalized spacial score (nSPS) is 14.4. The molecule has 4 rings (SSSR count). The number of sulfonamides is 1. The molecule has 1 amide bonds. The first-order valence-electron chi connectivity index (χ1n) is 9.07. The standard InChI is InChI=1S/C20H19BrN4O3S/c21-16-8-4-7-15(11-16)20(26)22-19-17-12-25(10-9-18(17)23-24-19)29(27,28)13-14-5-2-1-3-6-14/h1-8,11H,9-10,12-13H2,(H2,22,23,24,26). The lowest BCUT2D eigenvalue weighted by Crippen LogP contribution is -2.36. The van der Waals surface area contributed by atoms with E-state index >= 15 is 0 Å². The van der Waals surface area contributed by atoms with Crippen LogP contribution in [0.2, 0.25) is 0 Å². The average molecular weight is 475 g/mol. The predicted molar refractivity (Wildman–Crippen MR) is 114 cm³/mol. The molecule has 0 atom stereocenters. The van der Waals surface area contributed by atoms with Gasteiger partial charge in [0.15, 0.2) is 5.82 Å². The van der Waals surface area contributed by atoms with Crippen LogP contribution in [0.1, 0.15) is 27.2 Å². The zero-order valence-electron chi connectivity index (χ0n) is 15.4. The van der Waals surface area contributed by atoms with Gasteiger partial charge in [0.2, 0.25) is 10.0 Å². The Labute approximate surface area is 177 Å². The SMILES string of the molecule is O=C(Nc1n[nH]c2c1CN(S(=O)(=O)Cc1ccccc1)CC2)c1cccc(Br)c1. The summed E-state index contributed by atoms with van der Waals surface area (Å²) in [7, 11) is -3.49. The third-order valence-corrected chi connectivity index (χ3v) is 7.09. The largest absolute Gasteiger partial charge is 0.305 e. The molecule has 0 bridgehead atoms. The summed E-state index contributed by atoms with van der Waals surface area (Å²) >= 11 is 3.35. The van der Waals surface area contributed by atoms with Crippen molar-refractivity contribution in [3.63, 3.8) is 0 Å². The van der Waals surface area contributed by atoms with Crippen molar-refractivity contribution in [2.45, 2.75) is 18.7 Å². The average Bonchev–Trinajstić information content (AvgIpc) is 3.10. The quantitative estimate of drug-likeness (QED) is 0.592. The second-order valence-electron chi connectivity index (χ2n) is 6.82. The van der Waals surface area contributed by atoms with Crippen LogP contribution >= 0.6 is 15.9 Å². The van der Waals surface area contributed by atoms with Crippen LogP contribution in [0.4, 0.5) is 5.82 Å². The number of aromatic amines is 1. The molecule has 3 aromatic rings. The fourth-order valence-corrected chi connectivity index (χ4v) is 5.19. The summed E-state index contributed by atoms with van der Waals surface area (Å²) in [5.74, 6) is 0.00951. The van der Waals surface area contributed by atoms with Gasteiger partial charge in [0, 0.05) is 40.8 Å². The Morgan fingerprint density at radius 1 is 1.17 bits per heavy atom. The van der Waals surface area contributed by atoms with Crippen LogP contribution in [0.5, 0.6) is 0 Å². The number of halogens is 1. The summed E-state index contributed by atoms with van der Waals surface area (Å²) < 4.78 is 28.0. The van der Waals surface area contributed by atoms with Crippen molar-refractivity contribution in [2.75, 3.05) is 11.9 Å². The van der Waals surface area contributed by atoms with Crippen molar-refractivity contribution in [3.8, 4) is 0 Å². The van der Waals surface area contributed by atoms with E-state index in [1.54, 1.807) is 30.3 Å². The van der Waals surface area contributed by atoms with Crippen LogP contribution < -0.4 is 5.32 Å². The molecule has 150 valence electrons. The lowest BCUT2D eigenvalue weighted by atomic mass is 10.1. The Balaban J connectivity index is 1.52. The van der Waals surface area contributed by atoms with Gasteiger partial charge < -0.3 is 5.32 Å². The van der Waals surface area contributed by atoms with Gasteiger partial charge >= 0.3 is 0 Å². The number of carbonyl (C=O) groups excluding carboxylic acids is 1. The van der Waals surface area contributed by atoms with E-state index in [4.69, 9.17) is 0 Å². The molecule has 2 N–H and O–H groups in total. The number of benzene rings is 2. The zero-order chi connectivity index (χ0) is 20.4. The van der Waals surface area contributed by atoms with Crippen LogP contribution in [0.25, 0.3) is 0 Å². The molecule has 0 spiro atoms. The molecular formula is C20H19BrN4O3S. The number of anilines is 1. The molecule has 9 heteroatoms. The van der Waals surface area contributed by atoms with Crippen molar-refractivity contribution in [2.24, 2.45) is 0 Å². The fraction of sp³-hybridized carbons (Fsp3) is 0.200. The van der Waals surface area contributed by atoms with Crippen LogP contribution in [-0.2, 0) is 28.7 Å². The molecule has 1 aliphatic rings. The number of H-pyrrole nitrogens is 1. The molecule has 0 fully saturated rings. The minimum Gasteiger partial charge on any atom is -0.305 e. The van der Waals surface area contributed by atoms with E-state index in [0.717, 1.165) is 15.7 Å². The minimum atomic E-state index is -3.49. The molecule has 0 saturated carbocycles. The van der Waals surface area contributed by atoms with Crippen molar-refractivity contribution in [1.29, 1.82) is 0 Å². The molecule has 0 aliphatic carbocycles. The van der Waals surface area contributed by atoms with Crippen molar-refractivity contribution >= 4 is 37.7 Å². The van der Waals surface area contributed by atoms with Crippen LogP contribution in [0.3, 0.4) is 0 Å². The fourth-order valence-electron chi connectivity index (χ4n) is 3.30. The zero-order valence-corrected chi connectivity index (χ0v) is 17.8. The number of carbonyl (C=O) groups is 1. The molecule has 7 nitrogen and oxygen atoms in total. The number of nitrogens with one attached hydrogen (secondary N) is 2. The monoisotopic (exact) mass is 474 g/mol. The van der Waals surface area contributed by atoms with Crippen molar-refractivity contribution < 1.29 is 13.2 Å². The Morgan fingerprint density at radius 3 is 2.72 bits per heavy atom. The van der Waals surface area contributed by atoms with Gasteiger partial charge in [-0.2, -0.15) is 9.40 Å². The summed E-state index contributed by atoms with van der Waals surface area (Å²) in [6.07, 6.45) is 0.517. The van der Waals surface area contributed by atoms with E-state index in [1.165, 1.54) is 4.31 Å². The molecular weight excluding hydrogens is 456 g/mol. The Bertz CT molecular complexity index is 1150. The van der Waals surface area contributed by atoms with Gasteiger partial charge in [0.25, 0.3) is 5.91 Å². The molecule has 0 unspecified atom stereocenters. The molecule has 0 radical (unpaired) electrons. The summed E-state index contributed by atoms with van der Waals surface area (Å²) in [5, 5.41) is 9.91. The summed E-state index contributed by atoms with van der Waals surface area (Å²) in [5.41, 5.74) is 2.78. The van der Waals surface area contributed by atoms with Gasteiger partial charge in [0.1, 0.15) is 0 Å². The number of rotatable bonds is 5. The van der Waals surface area contributed by atoms with Crippen LogP contribution in [0, 0.1) is 0 Å². The van der Waals surface area contributed by atoms with Gasteiger partial charge in [-0.05, 0) is 23.8 Å². The molecule has 2 heterocycles. The van der Waals surface area contributed by atoms with Gasteiger partial charge in [0.05, 0.1) is 5.75 Å². The number of aromatic nitrogens is 2. The van der Waals surface area contributed by atoms with Gasteiger partial charge in [-0.25, -0.2) is 8.42 Å². The van der Waals surface area contributed by atoms with E-state index in [2.05, 4.69) is 31.4 Å². The Kier molecular flexibility index (Phi) is 5.53. The van der Waals surface area contributed by atoms with E-state index < -0.39 is 10.0 Å². The molecule has 0 saturated heterocycles. The highest BCUT2D eigenvalue weighted by Gasteiger charge is 2.30. The van der Waals surface area contributed by atoms with Crippen molar-refractivity contribution in [1.82, 2.24) is 14.5 Å². The number of amides is 1. The first-order valence-corrected chi connectivity index (χ1v) is 11.5. The van der Waals surface area contributed by atoms with Crippen LogP contribution in [-0.4, -0.2) is 35.4 Å². The summed E-state index contributed by atoms with van der Waals surface area (Å²) in [6.45, 7) is 0.554. The van der Waals surface area contributed by atoms with Gasteiger partial charge in [-0.15, -0.1) is 0 Å². The summed E-state index contributed by atoms with van der Waals surface area (Å²) in [4.78, 5) is 12.6. The number of hydrogen-bond donors (Lipinski definition) is 2. The number of hydrogen-bond acceptors (Lipinski definition) is 4. The summed E-state index contributed by atoms with van der Waals surface area (Å²) in [6, 6.07) is 16.1. The second kappa shape index (κ2) is 8.10. The van der Waals surface area contributed by atoms with E-state index in [9.17, 15) is 13.2 Å². The molecule has 1 aliphatic heterocycles. The maximum Gasteiger partial charge on any atom is 0.256 e. The third-order valence-electron chi connectivity index (χ3n) is 4.80. The topological polar surface area (TPSA) is 95.2 Å². The van der Waals surface area contributed by atoms with Gasteiger partial charge in [-0.1, -0.05) is 52.3 Å². The van der Waals surface area contributed by atoms with E-state index in [0.29, 0.717) is 29.9 Å². The molecule has 1 aromatic heterocycles. The number of fused-ring (bicyclic) bond motifs is 1. The van der Waals surface area contributed by atoms with Crippen LogP contribution in [0.15, 0.2) is 59.1 Å². The smallest absolute Gasteiger partial charge is 0.256 e. The lowest BCUT2D eigenvalue weighted by Gasteiger charge is -2.26. The Hall–Kier alpha value is -2.49. The maximum atomic E-state index is 12.9. The highest BCUT2D eigenvalue weighted by atomic mass is 79.9. The number of nitrogens with zero attached hydrogens (tertiary/aromatic N) is 2. The third kappa shape index (κ3) is 4.42. The molecule has 2 aromatic carbocycles.